The first-order chi connectivity index (χ1) is 32.3. The number of furan rings is 1. The van der Waals surface area contributed by atoms with Crippen molar-refractivity contribution in [2.75, 3.05) is 26.4 Å². The maximum atomic E-state index is 15.8. The number of hydrogen-bond acceptors (Lipinski definition) is 13. The van der Waals surface area contributed by atoms with Crippen molar-refractivity contribution in [1.82, 2.24) is 10.6 Å². The van der Waals surface area contributed by atoms with Crippen LogP contribution in [0.1, 0.15) is 95.4 Å². The molecule has 67 heavy (non-hydrogen) atoms. The molecule has 1 aromatic heterocycles. The summed E-state index contributed by atoms with van der Waals surface area (Å²) in [5.74, 6) is 4.88. The molecule has 5 aliphatic carbocycles. The number of epoxide rings is 1. The zero-order valence-corrected chi connectivity index (χ0v) is 38.9. The van der Waals surface area contributed by atoms with Gasteiger partial charge in [0.2, 0.25) is 0 Å². The molecular formula is C54H66N2O11. The topological polar surface area (TPSA) is 189 Å². The number of benzene rings is 1. The summed E-state index contributed by atoms with van der Waals surface area (Å²) >= 11 is 0. The van der Waals surface area contributed by atoms with Gasteiger partial charge in [0.1, 0.15) is 24.1 Å². The van der Waals surface area contributed by atoms with Gasteiger partial charge in [0.25, 0.3) is 0 Å². The van der Waals surface area contributed by atoms with Gasteiger partial charge >= 0.3 is 11.9 Å². The minimum absolute atomic E-state index is 0.00823. The largest absolute Gasteiger partial charge is 0.469 e. The molecular weight excluding hydrogens is 853 g/mol. The normalized spacial score (nSPS) is 46.3. The van der Waals surface area contributed by atoms with Crippen molar-refractivity contribution in [3.8, 4) is 11.8 Å². The molecule has 13 nitrogen and oxygen atoms in total. The Morgan fingerprint density at radius 3 is 2.58 bits per heavy atom. The summed E-state index contributed by atoms with van der Waals surface area (Å²) < 4.78 is 33.6. The van der Waals surface area contributed by atoms with Crippen molar-refractivity contribution in [3.05, 3.63) is 71.7 Å². The summed E-state index contributed by atoms with van der Waals surface area (Å²) in [5.41, 5.74) is -5.41. The van der Waals surface area contributed by atoms with Gasteiger partial charge in [-0.2, -0.15) is 0 Å². The van der Waals surface area contributed by atoms with Crippen molar-refractivity contribution in [2.24, 2.45) is 63.6 Å². The van der Waals surface area contributed by atoms with Crippen molar-refractivity contribution in [2.45, 2.75) is 139 Å². The van der Waals surface area contributed by atoms with Crippen LogP contribution in [0.5, 0.6) is 0 Å². The second kappa shape index (κ2) is 15.6. The van der Waals surface area contributed by atoms with Crippen LogP contribution in [-0.2, 0) is 51.8 Å². The molecule has 3 saturated carbocycles. The molecule has 1 aromatic carbocycles. The summed E-state index contributed by atoms with van der Waals surface area (Å²) in [4.78, 5) is 44.2. The van der Waals surface area contributed by atoms with Gasteiger partial charge in [-0.25, -0.2) is 4.79 Å². The number of allylic oxidation sites excluding steroid dienone is 1. The zero-order chi connectivity index (χ0) is 46.3. The average Bonchev–Trinajstić information content (AvgIpc) is 3.57. The number of ether oxygens (including phenoxy) is 4. The van der Waals surface area contributed by atoms with Gasteiger partial charge in [-0.3, -0.25) is 14.9 Å². The number of aliphatic hydroxyl groups is 3. The van der Waals surface area contributed by atoms with Gasteiger partial charge < -0.3 is 44.0 Å². The van der Waals surface area contributed by atoms with Gasteiger partial charge in [0.05, 0.1) is 49.4 Å². The van der Waals surface area contributed by atoms with Gasteiger partial charge in [-0.1, -0.05) is 61.2 Å². The first-order valence-corrected chi connectivity index (χ1v) is 25.2. The standard InChI is InChI=1S/C54H66N2O11/c1-49(2)45-44(60)46(61)53-37-23-31(22-30-8-5-4-6-9-30)11-12-33(37)10-7-19-52(36-18-21-63-40(36)24-35(39(58)27-57)32-13-15-34(16-14-32)38-26-55-29-56-38)50(3,54(53)47(66-54)48(62)67-52)20-17-41(53)51(45)28-64-43(59)25-42(51)65-49/h4-6,8-9,13,15,18,21,31-35,37-39,41-42,45-47,55-58,61H,11-12,14,16-17,19-20,22-29H2,1-3H3/t31-,32+,33-,34-,35+,37+,38+,39-,41-,42+,45-,46-,47-,50+,51+,52+,53+,54-/m1/s1. The molecule has 4 bridgehead atoms. The third-order valence-corrected chi connectivity index (χ3v) is 19.9. The van der Waals surface area contributed by atoms with Crippen molar-refractivity contribution < 1.29 is 53.1 Å². The second-order valence-corrected chi connectivity index (χ2v) is 22.9. The van der Waals surface area contributed by atoms with Crippen LogP contribution in [0, 0.1) is 75.4 Å². The number of ketones is 1. The SMILES string of the molecule is CC1(C)O[C@H]2CC(=O)OC[C@@]23[C@@H]1C(=O)[C@@H](O)[C@]12[C@@H]3CC[C@]3(C)[C@@]14O[C@@H]4C(=O)O[C@]3(c1ccoc1C[C@H]([C@H](O)CO)[C@H]1C=C[C@@H]([C@@H]3CNCN3)CC1)CC#C[C@@H]1CC[C@H](Cc3ccccc3)C[C@@H]12. The van der Waals surface area contributed by atoms with Gasteiger partial charge in [-0.05, 0) is 106 Å². The lowest BCUT2D eigenvalue weighted by Crippen LogP contribution is -2.81. The highest BCUT2D eigenvalue weighted by atomic mass is 16.7. The van der Waals surface area contributed by atoms with Crippen LogP contribution in [0.3, 0.4) is 0 Å². The fourth-order valence-corrected chi connectivity index (χ4v) is 17.3. The minimum atomic E-state index is -1.55. The van der Waals surface area contributed by atoms with Crippen LogP contribution >= 0.6 is 0 Å². The number of hydrogen-bond donors (Lipinski definition) is 5. The predicted molar refractivity (Wildman–Crippen MR) is 241 cm³/mol. The third-order valence-electron chi connectivity index (χ3n) is 19.9. The second-order valence-electron chi connectivity index (χ2n) is 22.9. The molecule has 13 heteroatoms. The highest BCUT2D eigenvalue weighted by Gasteiger charge is 2.95. The van der Waals surface area contributed by atoms with Crippen LogP contribution in [0.15, 0.2) is 59.2 Å². The number of carbonyl (C=O) groups excluding carboxylic acids is 3. The molecule has 8 fully saturated rings. The number of fused-ring (bicyclic) bond motifs is 1. The number of nitrogens with one attached hydrogen (secondary N) is 2. The van der Waals surface area contributed by atoms with Gasteiger partial charge in [-0.15, -0.1) is 0 Å². The highest BCUT2D eigenvalue weighted by Crippen LogP contribution is 2.84. The molecule has 5 N–H and O–H groups in total. The van der Waals surface area contributed by atoms with E-state index < -0.39 is 87.8 Å². The van der Waals surface area contributed by atoms with E-state index in [9.17, 15) is 20.1 Å². The predicted octanol–water partition coefficient (Wildman–Crippen LogP) is 4.54. The summed E-state index contributed by atoms with van der Waals surface area (Å²) in [6.07, 6.45) is 8.01. The maximum absolute atomic E-state index is 15.8. The summed E-state index contributed by atoms with van der Waals surface area (Å²) in [6, 6.07) is 12.7. The quantitative estimate of drug-likeness (QED) is 0.102. The Morgan fingerprint density at radius 1 is 0.985 bits per heavy atom. The molecule has 2 aromatic rings. The molecule has 18 atom stereocenters. The molecule has 0 unspecified atom stereocenters. The number of rotatable bonds is 9. The van der Waals surface area contributed by atoms with Crippen LogP contribution in [-0.4, -0.2) is 101 Å². The van der Waals surface area contributed by atoms with E-state index in [1.54, 1.807) is 6.26 Å². The van der Waals surface area contributed by atoms with Crippen LogP contribution in [0.25, 0.3) is 0 Å². The molecule has 5 saturated heterocycles. The average molecular weight is 919 g/mol. The maximum Gasteiger partial charge on any atom is 0.339 e. The molecule has 5 aliphatic heterocycles. The number of aliphatic hydroxyl groups excluding tert-OH is 3. The van der Waals surface area contributed by atoms with E-state index in [0.29, 0.717) is 42.5 Å². The van der Waals surface area contributed by atoms with E-state index in [1.807, 2.05) is 26.0 Å². The van der Waals surface area contributed by atoms with Gasteiger partial charge in [0, 0.05) is 59.3 Å². The first kappa shape index (κ1) is 44.3. The Labute approximate surface area is 392 Å². The number of esters is 2. The smallest absolute Gasteiger partial charge is 0.339 e. The van der Waals surface area contributed by atoms with E-state index in [1.165, 1.54) is 5.56 Å². The van der Waals surface area contributed by atoms with E-state index in [-0.39, 0.29) is 61.3 Å². The summed E-state index contributed by atoms with van der Waals surface area (Å²) in [5, 5.41) is 42.7. The molecule has 0 amide bonds. The van der Waals surface area contributed by atoms with Crippen molar-refractivity contribution in [1.29, 1.82) is 0 Å². The Hall–Kier alpha value is -3.87. The molecule has 0 radical (unpaired) electrons. The summed E-state index contributed by atoms with van der Waals surface area (Å²) in [6.45, 7) is 7.16. The molecule has 12 rings (SSSR count). The van der Waals surface area contributed by atoms with Crippen LogP contribution < -0.4 is 10.6 Å². The highest BCUT2D eigenvalue weighted by molar-refractivity contribution is 5.92. The van der Waals surface area contributed by atoms with E-state index in [0.717, 1.165) is 45.3 Å². The monoisotopic (exact) mass is 918 g/mol. The minimum Gasteiger partial charge on any atom is -0.469 e. The molecule has 10 aliphatic rings. The number of Topliss-reactive ketones (excluding diaryl/α,β-unsaturated/α-hetero) is 1. The lowest BCUT2D eigenvalue weighted by molar-refractivity contribution is -0.295. The fraction of sp³-hybridized carbons (Fsp3) is 0.685. The Kier molecular flexibility index (Phi) is 10.3. The molecule has 6 heterocycles. The molecule has 3 spiro atoms. The summed E-state index contributed by atoms with van der Waals surface area (Å²) in [7, 11) is 0. The third kappa shape index (κ3) is 5.90. The van der Waals surface area contributed by atoms with Gasteiger partial charge in [0.15, 0.2) is 17.5 Å². The Morgan fingerprint density at radius 2 is 1.82 bits per heavy atom. The fourth-order valence-electron chi connectivity index (χ4n) is 17.3. The van der Waals surface area contributed by atoms with E-state index in [4.69, 9.17) is 23.4 Å². The van der Waals surface area contributed by atoms with Crippen molar-refractivity contribution in [3.63, 3.8) is 0 Å². The van der Waals surface area contributed by atoms with Crippen LogP contribution in [0.4, 0.5) is 0 Å². The lowest BCUT2D eigenvalue weighted by Gasteiger charge is -2.71. The van der Waals surface area contributed by atoms with Crippen molar-refractivity contribution >= 4 is 17.7 Å². The number of carbonyl (C=O) groups is 3. The first-order valence-electron chi connectivity index (χ1n) is 25.2. The number of cyclic esters (lactones) is 1. The Bertz CT molecular complexity index is 2420. The molecule has 358 valence electrons. The lowest BCUT2D eigenvalue weighted by atomic mass is 9.31. The van der Waals surface area contributed by atoms with E-state index >= 15 is 9.59 Å². The van der Waals surface area contributed by atoms with E-state index in [2.05, 4.69) is 65.8 Å². The zero-order valence-electron chi connectivity index (χ0n) is 38.9. The Balaban J connectivity index is 1.02. The van der Waals surface area contributed by atoms with Crippen LogP contribution in [0.2, 0.25) is 0 Å².